The first-order valence-electron chi connectivity index (χ1n) is 8.18. The molecule has 2 atom stereocenters. The number of hydrogen-bond donors (Lipinski definition) is 3. The number of aromatic nitrogens is 4. The summed E-state index contributed by atoms with van der Waals surface area (Å²) in [6.07, 6.45) is 5.48. The monoisotopic (exact) mass is 323 g/mol. The van der Waals surface area contributed by atoms with Crippen molar-refractivity contribution in [3.63, 3.8) is 0 Å². The Morgan fingerprint density at radius 2 is 2.04 bits per heavy atom. The van der Waals surface area contributed by atoms with Crippen LogP contribution >= 0.6 is 0 Å². The van der Waals surface area contributed by atoms with Gasteiger partial charge in [0.1, 0.15) is 5.65 Å². The molecule has 4 N–H and O–H groups in total. The SMILES string of the molecule is C[C@@H]1CN[C@@H](C)CN1c1ccnc2[nH]cc(-c3ccnc(N)n3)c12. The van der Waals surface area contributed by atoms with Gasteiger partial charge in [-0.1, -0.05) is 0 Å². The van der Waals surface area contributed by atoms with Crippen LogP contribution in [0.4, 0.5) is 11.6 Å². The molecule has 7 heteroatoms. The molecule has 4 heterocycles. The van der Waals surface area contributed by atoms with Crippen molar-refractivity contribution in [3.05, 3.63) is 30.7 Å². The molecule has 3 aromatic heterocycles. The summed E-state index contributed by atoms with van der Waals surface area (Å²) in [6.45, 7) is 6.36. The lowest BCUT2D eigenvalue weighted by Crippen LogP contribution is -2.54. The van der Waals surface area contributed by atoms with Crippen LogP contribution in [-0.2, 0) is 0 Å². The predicted octanol–water partition coefficient (Wildman–Crippen LogP) is 1.79. The number of nitrogen functional groups attached to an aromatic ring is 1. The summed E-state index contributed by atoms with van der Waals surface area (Å²) in [7, 11) is 0. The highest BCUT2D eigenvalue weighted by Crippen LogP contribution is 2.35. The van der Waals surface area contributed by atoms with Crippen LogP contribution in [0.5, 0.6) is 0 Å². The summed E-state index contributed by atoms with van der Waals surface area (Å²) in [5, 5.41) is 4.61. The zero-order chi connectivity index (χ0) is 16.7. The third kappa shape index (κ3) is 2.46. The van der Waals surface area contributed by atoms with Crippen LogP contribution in [-0.4, -0.2) is 45.1 Å². The third-order valence-corrected chi connectivity index (χ3v) is 4.58. The Morgan fingerprint density at radius 1 is 1.21 bits per heavy atom. The van der Waals surface area contributed by atoms with Crippen LogP contribution in [0.1, 0.15) is 13.8 Å². The number of fused-ring (bicyclic) bond motifs is 1. The number of anilines is 2. The minimum absolute atomic E-state index is 0.274. The highest BCUT2D eigenvalue weighted by molar-refractivity contribution is 6.02. The van der Waals surface area contributed by atoms with Gasteiger partial charge < -0.3 is 20.9 Å². The van der Waals surface area contributed by atoms with E-state index in [0.29, 0.717) is 12.1 Å². The lowest BCUT2D eigenvalue weighted by Gasteiger charge is -2.39. The first-order valence-corrected chi connectivity index (χ1v) is 8.18. The molecule has 1 aliphatic rings. The molecule has 0 aromatic carbocycles. The number of H-pyrrole nitrogens is 1. The number of piperazine rings is 1. The van der Waals surface area contributed by atoms with Crippen LogP contribution in [0.2, 0.25) is 0 Å². The van der Waals surface area contributed by atoms with Crippen LogP contribution in [0.15, 0.2) is 30.7 Å². The van der Waals surface area contributed by atoms with Crippen molar-refractivity contribution in [2.75, 3.05) is 23.7 Å². The van der Waals surface area contributed by atoms with E-state index in [0.717, 1.165) is 35.4 Å². The highest BCUT2D eigenvalue weighted by Gasteiger charge is 2.25. The van der Waals surface area contributed by atoms with E-state index in [-0.39, 0.29) is 5.95 Å². The molecular weight excluding hydrogens is 302 g/mol. The van der Waals surface area contributed by atoms with Crippen molar-refractivity contribution in [1.29, 1.82) is 0 Å². The number of nitrogens with two attached hydrogens (primary N) is 1. The predicted molar refractivity (Wildman–Crippen MR) is 95.8 cm³/mol. The van der Waals surface area contributed by atoms with Gasteiger partial charge in [-0.3, -0.25) is 0 Å². The van der Waals surface area contributed by atoms with Crippen molar-refractivity contribution in [2.45, 2.75) is 25.9 Å². The molecular formula is C17H21N7. The number of nitrogens with zero attached hydrogens (tertiary/aromatic N) is 4. The summed E-state index contributed by atoms with van der Waals surface area (Å²) >= 11 is 0. The fourth-order valence-corrected chi connectivity index (χ4v) is 3.36. The smallest absolute Gasteiger partial charge is 0.220 e. The minimum Gasteiger partial charge on any atom is -0.368 e. The maximum Gasteiger partial charge on any atom is 0.220 e. The molecule has 0 unspecified atom stereocenters. The van der Waals surface area contributed by atoms with Crippen LogP contribution in [0.25, 0.3) is 22.3 Å². The Balaban J connectivity index is 1.89. The molecule has 3 aromatic rings. The average molecular weight is 323 g/mol. The molecule has 1 aliphatic heterocycles. The fourth-order valence-electron chi connectivity index (χ4n) is 3.36. The molecule has 0 amide bonds. The lowest BCUT2D eigenvalue weighted by atomic mass is 10.1. The van der Waals surface area contributed by atoms with Crippen molar-refractivity contribution in [2.24, 2.45) is 0 Å². The highest BCUT2D eigenvalue weighted by atomic mass is 15.2. The molecule has 0 radical (unpaired) electrons. The third-order valence-electron chi connectivity index (χ3n) is 4.58. The normalized spacial score (nSPS) is 21.3. The zero-order valence-electron chi connectivity index (χ0n) is 13.8. The second-order valence-corrected chi connectivity index (χ2v) is 6.37. The van der Waals surface area contributed by atoms with Crippen LogP contribution in [0, 0.1) is 0 Å². The molecule has 1 fully saturated rings. The summed E-state index contributed by atoms with van der Waals surface area (Å²) < 4.78 is 0. The first kappa shape index (κ1) is 14.9. The molecule has 4 rings (SSSR count). The van der Waals surface area contributed by atoms with Gasteiger partial charge in [0.15, 0.2) is 0 Å². The Hall–Kier alpha value is -2.67. The number of hydrogen-bond acceptors (Lipinski definition) is 6. The van der Waals surface area contributed by atoms with Crippen molar-refractivity contribution < 1.29 is 0 Å². The van der Waals surface area contributed by atoms with Gasteiger partial charge in [-0.25, -0.2) is 15.0 Å². The maximum atomic E-state index is 5.76. The Labute approximate surface area is 140 Å². The van der Waals surface area contributed by atoms with E-state index in [4.69, 9.17) is 5.73 Å². The van der Waals surface area contributed by atoms with E-state index in [1.807, 2.05) is 18.5 Å². The van der Waals surface area contributed by atoms with E-state index in [2.05, 4.69) is 50.1 Å². The van der Waals surface area contributed by atoms with Gasteiger partial charge >= 0.3 is 0 Å². The van der Waals surface area contributed by atoms with Gasteiger partial charge in [0, 0.05) is 49.3 Å². The van der Waals surface area contributed by atoms with Crippen molar-refractivity contribution in [3.8, 4) is 11.3 Å². The molecule has 0 aliphatic carbocycles. The zero-order valence-corrected chi connectivity index (χ0v) is 13.8. The maximum absolute atomic E-state index is 5.76. The van der Waals surface area contributed by atoms with Gasteiger partial charge in [-0.15, -0.1) is 0 Å². The molecule has 0 spiro atoms. The number of rotatable bonds is 2. The van der Waals surface area contributed by atoms with E-state index >= 15 is 0 Å². The largest absolute Gasteiger partial charge is 0.368 e. The summed E-state index contributed by atoms with van der Waals surface area (Å²) in [5.74, 6) is 0.274. The second kappa shape index (κ2) is 5.76. The standard InChI is InChI=1S/C17H21N7/c1-10-9-24(11(2)7-21-10)14-4-6-19-16-15(14)12(8-22-16)13-3-5-20-17(18)23-13/h3-6,8,10-11,21H,7,9H2,1-2H3,(H,19,22)(H2,18,20,23)/t10-,11+/m0/s1. The van der Waals surface area contributed by atoms with Gasteiger partial charge in [0.25, 0.3) is 0 Å². The lowest BCUT2D eigenvalue weighted by molar-refractivity contribution is 0.426. The van der Waals surface area contributed by atoms with Crippen LogP contribution in [0.3, 0.4) is 0 Å². The molecule has 0 bridgehead atoms. The molecule has 124 valence electrons. The number of nitrogens with one attached hydrogen (secondary N) is 2. The van der Waals surface area contributed by atoms with Gasteiger partial charge in [0.05, 0.1) is 16.8 Å². The second-order valence-electron chi connectivity index (χ2n) is 6.37. The molecule has 1 saturated heterocycles. The summed E-state index contributed by atoms with van der Waals surface area (Å²) in [5.41, 5.74) is 9.60. The van der Waals surface area contributed by atoms with E-state index in [1.165, 1.54) is 5.69 Å². The summed E-state index contributed by atoms with van der Waals surface area (Å²) in [6, 6.07) is 4.81. The van der Waals surface area contributed by atoms with E-state index in [1.54, 1.807) is 6.20 Å². The van der Waals surface area contributed by atoms with Gasteiger partial charge in [-0.2, -0.15) is 0 Å². The molecule has 24 heavy (non-hydrogen) atoms. The van der Waals surface area contributed by atoms with Crippen molar-refractivity contribution >= 4 is 22.7 Å². The Morgan fingerprint density at radius 3 is 2.88 bits per heavy atom. The molecule has 7 nitrogen and oxygen atoms in total. The first-order chi connectivity index (χ1) is 11.6. The minimum atomic E-state index is 0.274. The van der Waals surface area contributed by atoms with E-state index < -0.39 is 0 Å². The number of pyridine rings is 1. The van der Waals surface area contributed by atoms with Crippen molar-refractivity contribution in [1.82, 2.24) is 25.3 Å². The number of aromatic amines is 1. The van der Waals surface area contributed by atoms with Crippen LogP contribution < -0.4 is 16.0 Å². The molecule has 0 saturated carbocycles. The Kier molecular flexibility index (Phi) is 3.57. The van der Waals surface area contributed by atoms with E-state index in [9.17, 15) is 0 Å². The quantitative estimate of drug-likeness (QED) is 0.665. The summed E-state index contributed by atoms with van der Waals surface area (Å²) in [4.78, 5) is 18.5. The Bertz CT molecular complexity index is 872. The topological polar surface area (TPSA) is 95.8 Å². The average Bonchev–Trinajstić information content (AvgIpc) is 3.01. The van der Waals surface area contributed by atoms with Gasteiger partial charge in [0.2, 0.25) is 5.95 Å². The fraction of sp³-hybridized carbons (Fsp3) is 0.353. The van der Waals surface area contributed by atoms with Gasteiger partial charge in [-0.05, 0) is 26.0 Å².